The van der Waals surface area contributed by atoms with Gasteiger partial charge in [0.2, 0.25) is 11.7 Å². The van der Waals surface area contributed by atoms with E-state index in [2.05, 4.69) is 5.43 Å². The van der Waals surface area contributed by atoms with Gasteiger partial charge in [-0.1, -0.05) is 6.07 Å². The maximum atomic E-state index is 11.4. The Balaban J connectivity index is 2.56. The minimum absolute atomic E-state index is 0.105. The van der Waals surface area contributed by atoms with E-state index in [0.717, 1.165) is 0 Å². The second-order valence-corrected chi connectivity index (χ2v) is 4.02. The summed E-state index contributed by atoms with van der Waals surface area (Å²) in [6, 6.07) is 5.35. The molecule has 106 valence electrons. The van der Waals surface area contributed by atoms with Crippen molar-refractivity contribution in [2.24, 2.45) is 0 Å². The Bertz CT molecular complexity index is 421. The van der Waals surface area contributed by atoms with E-state index in [9.17, 15) is 4.79 Å². The zero-order chi connectivity index (χ0) is 14.3. The van der Waals surface area contributed by atoms with Gasteiger partial charge in [0.25, 0.3) is 0 Å². The van der Waals surface area contributed by atoms with Crippen molar-refractivity contribution >= 4 is 5.91 Å². The molecular weight excluding hydrogens is 248 g/mol. The van der Waals surface area contributed by atoms with Crippen molar-refractivity contribution < 1.29 is 19.0 Å². The molecule has 0 aliphatic carbocycles. The first-order valence-corrected chi connectivity index (χ1v) is 5.89. The molecule has 0 spiro atoms. The summed E-state index contributed by atoms with van der Waals surface area (Å²) in [5.41, 5.74) is 2.64. The SMILES string of the molecule is COc1cccc(OCCC(=O)NN(C)C)c1OC. The predicted molar refractivity (Wildman–Crippen MR) is 71.5 cm³/mol. The third-order valence-corrected chi connectivity index (χ3v) is 2.30. The van der Waals surface area contributed by atoms with Gasteiger partial charge in [-0.2, -0.15) is 0 Å². The number of hydrogen-bond donors (Lipinski definition) is 1. The van der Waals surface area contributed by atoms with Crippen molar-refractivity contribution in [1.29, 1.82) is 0 Å². The number of nitrogens with zero attached hydrogens (tertiary/aromatic N) is 1. The minimum Gasteiger partial charge on any atom is -0.493 e. The number of rotatable bonds is 7. The first-order chi connectivity index (χ1) is 9.08. The predicted octanol–water partition coefficient (Wildman–Crippen LogP) is 1.07. The summed E-state index contributed by atoms with van der Waals surface area (Å²) in [7, 11) is 6.61. The van der Waals surface area contributed by atoms with E-state index >= 15 is 0 Å². The van der Waals surface area contributed by atoms with Crippen LogP contribution in [0.15, 0.2) is 18.2 Å². The van der Waals surface area contributed by atoms with Crippen LogP contribution in [-0.4, -0.2) is 45.8 Å². The lowest BCUT2D eigenvalue weighted by Crippen LogP contribution is -2.36. The molecule has 0 bridgehead atoms. The molecular formula is C13H20N2O4. The Morgan fingerprint density at radius 2 is 1.89 bits per heavy atom. The number of ether oxygens (including phenoxy) is 3. The highest BCUT2D eigenvalue weighted by Crippen LogP contribution is 2.36. The van der Waals surface area contributed by atoms with Crippen LogP contribution in [-0.2, 0) is 4.79 Å². The Morgan fingerprint density at radius 1 is 1.21 bits per heavy atom. The number of hydrogen-bond acceptors (Lipinski definition) is 5. The highest BCUT2D eigenvalue weighted by Gasteiger charge is 2.11. The molecule has 0 radical (unpaired) electrons. The van der Waals surface area contributed by atoms with Crippen LogP contribution in [0, 0.1) is 0 Å². The second-order valence-electron chi connectivity index (χ2n) is 4.02. The molecule has 6 heteroatoms. The summed E-state index contributed by atoms with van der Waals surface area (Å²) in [4.78, 5) is 11.4. The van der Waals surface area contributed by atoms with Gasteiger partial charge in [0.05, 0.1) is 27.2 Å². The molecule has 1 aromatic rings. The Labute approximate surface area is 113 Å². The standard InChI is InChI=1S/C13H20N2O4/c1-15(2)14-12(16)8-9-19-11-7-5-6-10(17-3)13(11)18-4/h5-7H,8-9H2,1-4H3,(H,14,16). The largest absolute Gasteiger partial charge is 0.493 e. The molecule has 0 unspecified atom stereocenters. The molecule has 0 aliphatic heterocycles. The van der Waals surface area contributed by atoms with E-state index in [1.165, 1.54) is 0 Å². The summed E-state index contributed by atoms with van der Waals surface area (Å²) < 4.78 is 15.9. The number of nitrogens with one attached hydrogen (secondary N) is 1. The van der Waals surface area contributed by atoms with Crippen molar-refractivity contribution in [3.8, 4) is 17.2 Å². The summed E-state index contributed by atoms with van der Waals surface area (Å²) >= 11 is 0. The lowest BCUT2D eigenvalue weighted by atomic mass is 10.3. The Kier molecular flexibility index (Phi) is 5.95. The van der Waals surface area contributed by atoms with Gasteiger partial charge in [-0.3, -0.25) is 10.2 Å². The van der Waals surface area contributed by atoms with E-state index in [1.54, 1.807) is 51.5 Å². The topological polar surface area (TPSA) is 60.0 Å². The van der Waals surface area contributed by atoms with Gasteiger partial charge in [0.1, 0.15) is 0 Å². The van der Waals surface area contributed by atoms with Crippen molar-refractivity contribution in [3.63, 3.8) is 0 Å². The molecule has 0 atom stereocenters. The summed E-state index contributed by atoms with van der Waals surface area (Å²) in [5.74, 6) is 1.57. The fourth-order valence-electron chi connectivity index (χ4n) is 1.53. The van der Waals surface area contributed by atoms with Crippen LogP contribution < -0.4 is 19.6 Å². The molecule has 1 aromatic carbocycles. The van der Waals surface area contributed by atoms with Gasteiger partial charge in [-0.15, -0.1) is 0 Å². The number of hydrazine groups is 1. The average molecular weight is 268 g/mol. The number of para-hydroxylation sites is 1. The van der Waals surface area contributed by atoms with Gasteiger partial charge in [-0.05, 0) is 12.1 Å². The summed E-state index contributed by atoms with van der Waals surface area (Å²) in [6.07, 6.45) is 0.262. The van der Waals surface area contributed by atoms with Crippen LogP contribution in [0.25, 0.3) is 0 Å². The normalized spacial score (nSPS) is 10.2. The number of benzene rings is 1. The fraction of sp³-hybridized carbons (Fsp3) is 0.462. The summed E-state index contributed by atoms with van der Waals surface area (Å²) in [5, 5.41) is 1.59. The van der Waals surface area contributed by atoms with Gasteiger partial charge < -0.3 is 14.2 Å². The maximum absolute atomic E-state index is 11.4. The summed E-state index contributed by atoms with van der Waals surface area (Å²) in [6.45, 7) is 0.267. The third-order valence-electron chi connectivity index (χ3n) is 2.30. The van der Waals surface area contributed by atoms with Crippen molar-refractivity contribution in [1.82, 2.24) is 10.4 Å². The Morgan fingerprint density at radius 3 is 2.47 bits per heavy atom. The first kappa shape index (κ1) is 15.1. The molecule has 0 saturated heterocycles. The number of methoxy groups -OCH3 is 2. The van der Waals surface area contributed by atoms with E-state index in [1.807, 2.05) is 0 Å². The number of carbonyl (C=O) groups is 1. The first-order valence-electron chi connectivity index (χ1n) is 5.89. The van der Waals surface area contributed by atoms with Gasteiger partial charge in [0.15, 0.2) is 11.5 Å². The molecule has 6 nitrogen and oxygen atoms in total. The molecule has 0 heterocycles. The lowest BCUT2D eigenvalue weighted by molar-refractivity contribution is -0.125. The van der Waals surface area contributed by atoms with Crippen LogP contribution >= 0.6 is 0 Å². The van der Waals surface area contributed by atoms with Crippen molar-refractivity contribution in [2.45, 2.75) is 6.42 Å². The lowest BCUT2D eigenvalue weighted by Gasteiger charge is -2.14. The molecule has 1 amide bonds. The molecule has 0 aliphatic rings. The fourth-order valence-corrected chi connectivity index (χ4v) is 1.53. The highest BCUT2D eigenvalue weighted by molar-refractivity contribution is 5.75. The maximum Gasteiger partial charge on any atom is 0.237 e. The minimum atomic E-state index is -0.105. The van der Waals surface area contributed by atoms with Crippen molar-refractivity contribution in [3.05, 3.63) is 18.2 Å². The Hall–Kier alpha value is -1.95. The van der Waals surface area contributed by atoms with E-state index in [4.69, 9.17) is 14.2 Å². The van der Waals surface area contributed by atoms with Crippen LogP contribution in [0.2, 0.25) is 0 Å². The molecule has 0 fully saturated rings. The average Bonchev–Trinajstić information content (AvgIpc) is 2.37. The van der Waals surface area contributed by atoms with Gasteiger partial charge in [-0.25, -0.2) is 5.01 Å². The number of amides is 1. The third kappa shape index (κ3) is 4.67. The van der Waals surface area contributed by atoms with Gasteiger partial charge >= 0.3 is 0 Å². The quantitative estimate of drug-likeness (QED) is 0.749. The van der Waals surface area contributed by atoms with Crippen molar-refractivity contribution in [2.75, 3.05) is 34.9 Å². The van der Waals surface area contributed by atoms with Crippen LogP contribution in [0.4, 0.5) is 0 Å². The van der Waals surface area contributed by atoms with E-state index in [0.29, 0.717) is 17.2 Å². The molecule has 0 aromatic heterocycles. The molecule has 1 rings (SSSR count). The zero-order valence-electron chi connectivity index (χ0n) is 11.7. The van der Waals surface area contributed by atoms with Crippen LogP contribution in [0.5, 0.6) is 17.2 Å². The number of carbonyl (C=O) groups excluding carboxylic acids is 1. The van der Waals surface area contributed by atoms with Gasteiger partial charge in [0, 0.05) is 14.1 Å². The van der Waals surface area contributed by atoms with Crippen LogP contribution in [0.3, 0.4) is 0 Å². The highest BCUT2D eigenvalue weighted by atomic mass is 16.5. The van der Waals surface area contributed by atoms with E-state index < -0.39 is 0 Å². The second kappa shape index (κ2) is 7.48. The van der Waals surface area contributed by atoms with Crippen LogP contribution in [0.1, 0.15) is 6.42 Å². The zero-order valence-corrected chi connectivity index (χ0v) is 11.7. The smallest absolute Gasteiger partial charge is 0.237 e. The van der Waals surface area contributed by atoms with E-state index in [-0.39, 0.29) is 18.9 Å². The monoisotopic (exact) mass is 268 g/mol. The molecule has 0 saturated carbocycles. The molecule has 1 N–H and O–H groups in total. The molecule has 19 heavy (non-hydrogen) atoms.